The standard InChI is InChI=1S/C17H17F2N3O5/c1-2-25-14-8-11(5-6-13(14)27-17(18)19)9-21-22-16(24)15(23)20-10-12-4-3-7-26-12/h3-9,17H,2,10H2,1H3,(H,20,23)(H,22,24)/b21-9-. The van der Waals surface area contributed by atoms with E-state index in [9.17, 15) is 18.4 Å². The van der Waals surface area contributed by atoms with Gasteiger partial charge < -0.3 is 19.2 Å². The van der Waals surface area contributed by atoms with Crippen molar-refractivity contribution in [3.63, 3.8) is 0 Å². The number of nitrogens with one attached hydrogen (secondary N) is 2. The number of alkyl halides is 2. The summed E-state index contributed by atoms with van der Waals surface area (Å²) in [5, 5.41) is 6.00. The van der Waals surface area contributed by atoms with Crippen LogP contribution in [0.5, 0.6) is 11.5 Å². The lowest BCUT2D eigenvalue weighted by molar-refractivity contribution is -0.139. The van der Waals surface area contributed by atoms with E-state index in [4.69, 9.17) is 9.15 Å². The molecule has 144 valence electrons. The first-order chi connectivity index (χ1) is 13.0. The molecule has 2 aromatic rings. The summed E-state index contributed by atoms with van der Waals surface area (Å²) in [5.74, 6) is -1.39. The van der Waals surface area contributed by atoms with Crippen LogP contribution in [0.25, 0.3) is 0 Å². The van der Waals surface area contributed by atoms with Crippen molar-refractivity contribution >= 4 is 18.0 Å². The van der Waals surface area contributed by atoms with Gasteiger partial charge in [0.05, 0.1) is 25.6 Å². The Bertz CT molecular complexity index is 794. The van der Waals surface area contributed by atoms with Crippen LogP contribution in [0.15, 0.2) is 46.1 Å². The molecule has 8 nitrogen and oxygen atoms in total. The number of hydrogen-bond acceptors (Lipinski definition) is 6. The molecule has 0 aliphatic rings. The maximum absolute atomic E-state index is 12.4. The number of halogens is 2. The van der Waals surface area contributed by atoms with Gasteiger partial charge in [0.2, 0.25) is 0 Å². The summed E-state index contributed by atoms with van der Waals surface area (Å²) in [7, 11) is 0. The van der Waals surface area contributed by atoms with E-state index in [-0.39, 0.29) is 24.7 Å². The number of hydrazone groups is 1. The zero-order chi connectivity index (χ0) is 19.6. The van der Waals surface area contributed by atoms with E-state index in [1.807, 2.05) is 0 Å². The van der Waals surface area contributed by atoms with Crippen LogP contribution in [0.4, 0.5) is 8.78 Å². The van der Waals surface area contributed by atoms with Crippen molar-refractivity contribution in [3.8, 4) is 11.5 Å². The minimum absolute atomic E-state index is 0.0618. The topological polar surface area (TPSA) is 102 Å². The Morgan fingerprint density at radius 2 is 2.07 bits per heavy atom. The third-order valence-electron chi connectivity index (χ3n) is 3.07. The summed E-state index contributed by atoms with van der Waals surface area (Å²) < 4.78 is 39.3. The molecule has 0 aliphatic heterocycles. The van der Waals surface area contributed by atoms with Gasteiger partial charge in [-0.15, -0.1) is 0 Å². The number of ether oxygens (including phenoxy) is 2. The van der Waals surface area contributed by atoms with Gasteiger partial charge in [-0.05, 0) is 42.8 Å². The highest BCUT2D eigenvalue weighted by Gasteiger charge is 2.13. The van der Waals surface area contributed by atoms with Crippen LogP contribution in [0.1, 0.15) is 18.2 Å². The molecule has 10 heteroatoms. The van der Waals surface area contributed by atoms with Gasteiger partial charge in [-0.25, -0.2) is 5.43 Å². The molecule has 2 N–H and O–H groups in total. The summed E-state index contributed by atoms with van der Waals surface area (Å²) in [6, 6.07) is 7.44. The smallest absolute Gasteiger partial charge is 0.387 e. The van der Waals surface area contributed by atoms with Crippen molar-refractivity contribution in [2.75, 3.05) is 6.61 Å². The highest BCUT2D eigenvalue weighted by atomic mass is 19.3. The number of carbonyl (C=O) groups excluding carboxylic acids is 2. The first-order valence-corrected chi connectivity index (χ1v) is 7.85. The van der Waals surface area contributed by atoms with Crippen molar-refractivity contribution < 1.29 is 32.3 Å². The zero-order valence-corrected chi connectivity index (χ0v) is 14.3. The molecular weight excluding hydrogens is 364 g/mol. The van der Waals surface area contributed by atoms with Crippen molar-refractivity contribution in [2.45, 2.75) is 20.1 Å². The fraction of sp³-hybridized carbons (Fsp3) is 0.235. The van der Waals surface area contributed by atoms with Crippen molar-refractivity contribution in [2.24, 2.45) is 5.10 Å². The van der Waals surface area contributed by atoms with Gasteiger partial charge in [-0.3, -0.25) is 9.59 Å². The highest BCUT2D eigenvalue weighted by Crippen LogP contribution is 2.29. The second-order valence-corrected chi connectivity index (χ2v) is 4.98. The Labute approximate surface area is 153 Å². The van der Waals surface area contributed by atoms with E-state index in [0.29, 0.717) is 11.3 Å². The van der Waals surface area contributed by atoms with E-state index >= 15 is 0 Å². The molecule has 1 heterocycles. The Morgan fingerprint density at radius 1 is 1.26 bits per heavy atom. The molecule has 0 fully saturated rings. The number of hydrogen-bond donors (Lipinski definition) is 2. The van der Waals surface area contributed by atoms with Crippen molar-refractivity contribution in [1.82, 2.24) is 10.7 Å². The molecule has 0 saturated heterocycles. The predicted molar refractivity (Wildman–Crippen MR) is 90.5 cm³/mol. The maximum Gasteiger partial charge on any atom is 0.387 e. The molecule has 0 bridgehead atoms. The van der Waals surface area contributed by atoms with Gasteiger partial charge in [0.15, 0.2) is 11.5 Å². The van der Waals surface area contributed by atoms with Crippen LogP contribution in [0.2, 0.25) is 0 Å². The molecule has 2 rings (SSSR count). The molecule has 2 amide bonds. The third-order valence-corrected chi connectivity index (χ3v) is 3.07. The van der Waals surface area contributed by atoms with E-state index < -0.39 is 18.4 Å². The lowest BCUT2D eigenvalue weighted by Crippen LogP contribution is -2.37. The fourth-order valence-electron chi connectivity index (χ4n) is 1.94. The maximum atomic E-state index is 12.4. The Hall–Kier alpha value is -3.43. The number of carbonyl (C=O) groups is 2. The quantitative estimate of drug-likeness (QED) is 0.414. The largest absolute Gasteiger partial charge is 0.490 e. The Morgan fingerprint density at radius 3 is 2.74 bits per heavy atom. The van der Waals surface area contributed by atoms with Gasteiger partial charge in [0.25, 0.3) is 0 Å². The number of furan rings is 1. The lowest BCUT2D eigenvalue weighted by Gasteiger charge is -2.11. The summed E-state index contributed by atoms with van der Waals surface area (Å²) in [4.78, 5) is 23.3. The van der Waals surface area contributed by atoms with E-state index in [1.165, 1.54) is 30.7 Å². The van der Waals surface area contributed by atoms with Crippen molar-refractivity contribution in [1.29, 1.82) is 0 Å². The molecule has 27 heavy (non-hydrogen) atoms. The number of rotatable bonds is 8. The molecule has 1 aromatic heterocycles. The average Bonchev–Trinajstić information content (AvgIpc) is 3.15. The first-order valence-electron chi connectivity index (χ1n) is 7.85. The first kappa shape index (κ1) is 19.9. The van der Waals surface area contributed by atoms with Crippen LogP contribution >= 0.6 is 0 Å². The fourth-order valence-corrected chi connectivity index (χ4v) is 1.94. The molecule has 1 aromatic carbocycles. The van der Waals surface area contributed by atoms with Crippen LogP contribution in [-0.2, 0) is 16.1 Å². The van der Waals surface area contributed by atoms with E-state index in [1.54, 1.807) is 19.1 Å². The lowest BCUT2D eigenvalue weighted by atomic mass is 10.2. The van der Waals surface area contributed by atoms with Gasteiger partial charge in [0.1, 0.15) is 5.76 Å². The molecule has 0 unspecified atom stereocenters. The predicted octanol–water partition coefficient (Wildman–Crippen LogP) is 2.05. The van der Waals surface area contributed by atoms with Crippen molar-refractivity contribution in [3.05, 3.63) is 47.9 Å². The third kappa shape index (κ3) is 6.42. The monoisotopic (exact) mass is 381 g/mol. The van der Waals surface area contributed by atoms with E-state index in [0.717, 1.165) is 0 Å². The van der Waals surface area contributed by atoms with Crippen LogP contribution in [0.3, 0.4) is 0 Å². The van der Waals surface area contributed by atoms with Crippen LogP contribution < -0.4 is 20.2 Å². The highest BCUT2D eigenvalue weighted by molar-refractivity contribution is 6.35. The molecule has 0 radical (unpaired) electrons. The Kier molecular flexibility index (Phi) is 7.29. The zero-order valence-electron chi connectivity index (χ0n) is 14.3. The Balaban J connectivity index is 1.91. The minimum Gasteiger partial charge on any atom is -0.490 e. The second-order valence-electron chi connectivity index (χ2n) is 4.98. The second kappa shape index (κ2) is 9.90. The minimum atomic E-state index is -2.98. The SMILES string of the molecule is CCOc1cc(/C=N\NC(=O)C(=O)NCc2ccco2)ccc1OC(F)F. The summed E-state index contributed by atoms with van der Waals surface area (Å²) in [6.07, 6.45) is 2.67. The van der Waals surface area contributed by atoms with Gasteiger partial charge in [0, 0.05) is 0 Å². The van der Waals surface area contributed by atoms with Crippen LogP contribution in [0, 0.1) is 0 Å². The van der Waals surface area contributed by atoms with Gasteiger partial charge in [-0.1, -0.05) is 0 Å². The van der Waals surface area contributed by atoms with Crippen LogP contribution in [-0.4, -0.2) is 31.2 Å². The van der Waals surface area contributed by atoms with E-state index in [2.05, 4.69) is 20.6 Å². The number of nitrogens with zero attached hydrogens (tertiary/aromatic N) is 1. The average molecular weight is 381 g/mol. The van der Waals surface area contributed by atoms with Gasteiger partial charge in [-0.2, -0.15) is 13.9 Å². The summed E-state index contributed by atoms with van der Waals surface area (Å²) in [6.45, 7) is -0.990. The molecule has 0 spiro atoms. The molecule has 0 aliphatic carbocycles. The van der Waals surface area contributed by atoms with Gasteiger partial charge >= 0.3 is 18.4 Å². The number of benzene rings is 1. The molecule has 0 atom stereocenters. The normalized spacial score (nSPS) is 10.8. The summed E-state index contributed by atoms with van der Waals surface area (Å²) in [5.41, 5.74) is 2.50. The summed E-state index contributed by atoms with van der Waals surface area (Å²) >= 11 is 0. The number of amides is 2. The molecular formula is C17H17F2N3O5. The molecule has 0 saturated carbocycles.